The van der Waals surface area contributed by atoms with E-state index in [0.717, 1.165) is 0 Å². The number of carbonyl (C=O) groups is 2. The number of aryl methyl sites for hydroxylation is 2. The number of carbonyl (C=O) groups excluding carboxylic acids is 2. The predicted molar refractivity (Wildman–Crippen MR) is 200 cm³/mol. The summed E-state index contributed by atoms with van der Waals surface area (Å²) in [5.74, 6) is -4.48. The Morgan fingerprint density at radius 1 is 0.517 bits per heavy atom. The van der Waals surface area contributed by atoms with Crippen LogP contribution >= 0.6 is 0 Å². The van der Waals surface area contributed by atoms with E-state index in [1.807, 2.05) is 0 Å². The van der Waals surface area contributed by atoms with E-state index in [1.165, 1.54) is 12.1 Å². The lowest BCUT2D eigenvalue weighted by molar-refractivity contribution is 0.105. The molecule has 4 aromatic carbocycles. The Balaban J connectivity index is 1.27. The number of phenolic OH excluding ortho intramolecular Hbond substituents is 2. The number of ketones is 2. The molecule has 0 heterocycles. The Labute approximate surface area is 328 Å². The Morgan fingerprint density at radius 3 is 1.16 bits per heavy atom. The number of hydrogen-bond acceptors (Lipinski definition) is 20. The number of hydrazone groups is 2. The number of phenols is 2. The van der Waals surface area contributed by atoms with E-state index in [1.54, 1.807) is 38.1 Å². The van der Waals surface area contributed by atoms with Crippen LogP contribution in [0.2, 0.25) is 0 Å². The third-order valence-corrected chi connectivity index (χ3v) is 12.0. The van der Waals surface area contributed by atoms with Crippen molar-refractivity contribution in [1.29, 1.82) is 0 Å². The fourth-order valence-corrected chi connectivity index (χ4v) is 8.24. The first-order chi connectivity index (χ1) is 26.8. The fraction of sp³-hybridized carbons (Fsp3) is 0.0588. The van der Waals surface area contributed by atoms with Crippen molar-refractivity contribution in [2.24, 2.45) is 10.2 Å². The van der Waals surface area contributed by atoms with Gasteiger partial charge in [0.25, 0.3) is 0 Å². The first-order valence-corrected chi connectivity index (χ1v) is 21.4. The van der Waals surface area contributed by atoms with E-state index >= 15 is 0 Å². The van der Waals surface area contributed by atoms with Gasteiger partial charge in [-0.15, -0.1) is 0 Å². The second-order valence-corrected chi connectivity index (χ2v) is 18.0. The zero-order chi connectivity index (χ0) is 42.9. The molecule has 2 aliphatic carbocycles. The quantitative estimate of drug-likeness (QED) is 0.138. The van der Waals surface area contributed by atoms with Gasteiger partial charge < -0.3 is 28.4 Å². The number of rotatable bonds is 9. The van der Waals surface area contributed by atoms with Crippen LogP contribution in [0.1, 0.15) is 43.0 Å². The minimum atomic E-state index is -5.42. The number of allylic oxidation sites excluding steroid dienone is 2. The summed E-state index contributed by atoms with van der Waals surface area (Å²) in [6.07, 6.45) is 1.22. The van der Waals surface area contributed by atoms with Crippen LogP contribution in [0.15, 0.2) is 90.5 Å². The average Bonchev–Trinajstić information content (AvgIpc) is 3.09. The molecule has 0 unspecified atom stereocenters. The smallest absolute Gasteiger partial charge is 0.218 e. The maximum absolute atomic E-state index is 13.3. The Kier molecular flexibility index (Phi) is 10.3. The molecule has 0 aliphatic heterocycles. The highest BCUT2D eigenvalue weighted by atomic mass is 32.2. The second kappa shape index (κ2) is 14.4. The maximum atomic E-state index is 13.3. The maximum Gasteiger partial charge on any atom is 0.218 e. The fourth-order valence-electron chi connectivity index (χ4n) is 5.90. The number of Topliss-reactive ketones (excluding diaryl/α,β-unsaturated/α-hetero) is 2. The van der Waals surface area contributed by atoms with Gasteiger partial charge in [0.1, 0.15) is 63.4 Å². The monoisotopic (exact) mass is 870 g/mol. The van der Waals surface area contributed by atoms with Gasteiger partial charge in [0.15, 0.2) is 0 Å². The Morgan fingerprint density at radius 2 is 0.862 bits per heavy atom. The highest BCUT2D eigenvalue weighted by molar-refractivity contribution is 7.91. The van der Waals surface area contributed by atoms with Gasteiger partial charge in [0, 0.05) is 0 Å². The molecule has 0 saturated carbocycles. The minimum absolute atomic E-state index is 0.216. The molecule has 6 rings (SSSR count). The summed E-state index contributed by atoms with van der Waals surface area (Å²) in [5.41, 5.74) is 3.45. The van der Waals surface area contributed by atoms with E-state index in [0.29, 0.717) is 58.7 Å². The molecule has 0 fully saturated rings. The van der Waals surface area contributed by atoms with Gasteiger partial charge in [-0.3, -0.25) is 20.4 Å². The molecule has 302 valence electrons. The van der Waals surface area contributed by atoms with Crippen molar-refractivity contribution in [1.82, 2.24) is 0 Å². The lowest BCUT2D eigenvalue weighted by Gasteiger charge is -2.22. The van der Waals surface area contributed by atoms with Crippen molar-refractivity contribution in [3.05, 3.63) is 104 Å². The van der Waals surface area contributed by atoms with Gasteiger partial charge in [-0.1, -0.05) is 12.1 Å². The van der Waals surface area contributed by atoms with Crippen LogP contribution in [0.25, 0.3) is 23.3 Å². The summed E-state index contributed by atoms with van der Waals surface area (Å²) in [6, 6.07) is 11.7. The van der Waals surface area contributed by atoms with Crippen LogP contribution in [-0.4, -0.2) is 85.1 Å². The molecular weight excluding hydrogens is 849 g/mol. The van der Waals surface area contributed by atoms with E-state index < -0.39 is 117 Å². The van der Waals surface area contributed by atoms with Gasteiger partial charge in [-0.25, -0.2) is 33.7 Å². The summed E-state index contributed by atoms with van der Waals surface area (Å²) in [5, 5.41) is 28.3. The molecule has 0 aromatic heterocycles. The first-order valence-electron chi connectivity index (χ1n) is 15.8. The topological polar surface area (TPSA) is 352 Å². The second-order valence-electron chi connectivity index (χ2n) is 12.5. The number of hydrogen-bond donors (Lipinski definition) is 4. The van der Waals surface area contributed by atoms with Gasteiger partial charge in [-0.05, 0) is 108 Å². The van der Waals surface area contributed by atoms with Crippen LogP contribution in [0.5, 0.6) is 11.5 Å². The Bertz CT molecular complexity index is 2920. The molecule has 20 nitrogen and oxygen atoms in total. The third-order valence-electron chi connectivity index (χ3n) is 8.65. The van der Waals surface area contributed by atoms with E-state index in [2.05, 4.69) is 21.1 Å². The lowest BCUT2D eigenvalue weighted by Crippen LogP contribution is -2.27. The van der Waals surface area contributed by atoms with Crippen molar-refractivity contribution in [2.45, 2.75) is 23.6 Å². The molecule has 0 spiro atoms. The number of anilines is 2. The average molecular weight is 871 g/mol. The van der Waals surface area contributed by atoms with Gasteiger partial charge >= 0.3 is 0 Å². The van der Waals surface area contributed by atoms with Crippen molar-refractivity contribution < 1.29 is 71.7 Å². The third kappa shape index (κ3) is 8.02. The van der Waals surface area contributed by atoms with Crippen LogP contribution in [-0.2, 0) is 40.5 Å². The highest BCUT2D eigenvalue weighted by Crippen LogP contribution is 2.36. The summed E-state index contributed by atoms with van der Waals surface area (Å²) >= 11 is 0. The summed E-state index contributed by atoms with van der Waals surface area (Å²) in [7, 11) is -21.1. The molecule has 4 aromatic rings. The lowest BCUT2D eigenvalue weighted by atomic mass is 9.94. The molecule has 24 heteroatoms. The predicted octanol–water partition coefficient (Wildman–Crippen LogP) is 2.29. The zero-order valence-electron chi connectivity index (χ0n) is 29.1. The highest BCUT2D eigenvalue weighted by Gasteiger charge is 2.34. The number of nitrogens with zero attached hydrogens (tertiary/aromatic N) is 2. The molecule has 0 bridgehead atoms. The van der Waals surface area contributed by atoms with Gasteiger partial charge in [0.05, 0.1) is 42.1 Å². The molecule has 0 saturated heterocycles. The van der Waals surface area contributed by atoms with E-state index in [-0.39, 0.29) is 11.4 Å². The SMILES string of the molecule is Cc1cc(-c2ccc(NN=C3C(=O)c4c(O)cc(S(=O)(=O)[O-])cc4C=C3S(=O)(=O)[O-])c(C)c2)ccc1NN=C1C(=O)c2c(O)cc(S(=O)(=O)[O-])cc2C=C1S(=O)(=O)[O-]. The number of aromatic hydroxyl groups is 2. The van der Waals surface area contributed by atoms with Crippen molar-refractivity contribution in [2.75, 3.05) is 10.9 Å². The first kappa shape index (κ1) is 41.5. The normalized spacial score (nSPS) is 16.1. The summed E-state index contributed by atoms with van der Waals surface area (Å²) < 4.78 is 141. The molecule has 2 aliphatic rings. The van der Waals surface area contributed by atoms with Gasteiger partial charge in [-0.2, -0.15) is 10.2 Å². The molecule has 0 radical (unpaired) electrons. The van der Waals surface area contributed by atoms with Crippen molar-refractivity contribution >= 4 is 87.0 Å². The molecular formula is C34H22N4O16S4-4. The molecule has 0 amide bonds. The van der Waals surface area contributed by atoms with Crippen molar-refractivity contribution in [3.63, 3.8) is 0 Å². The molecule has 4 N–H and O–H groups in total. The van der Waals surface area contributed by atoms with E-state index in [9.17, 15) is 71.7 Å². The number of nitrogens with one attached hydrogen (secondary N) is 2. The summed E-state index contributed by atoms with van der Waals surface area (Å²) in [6.45, 7) is 3.21. The zero-order valence-corrected chi connectivity index (χ0v) is 32.3. The largest absolute Gasteiger partial charge is 0.744 e. The van der Waals surface area contributed by atoms with Crippen LogP contribution < -0.4 is 10.9 Å². The van der Waals surface area contributed by atoms with Crippen molar-refractivity contribution in [3.8, 4) is 22.6 Å². The number of fused-ring (bicyclic) bond motifs is 2. The van der Waals surface area contributed by atoms with Crippen LogP contribution in [0.4, 0.5) is 11.4 Å². The standard InChI is InChI=1S/C34H26N4O16S4/c1-15-7-17(3-5-23(15)35-37-31-27(57(49,50)51)11-19-9-21(55(43,44)45)13-25(39)29(19)33(31)41)18-4-6-24(16(2)8-18)36-38-32-28(58(52,53)54)12-20-10-22(56(46,47)48)14-26(40)30(20)34(32)42/h3-14,35-36,39-40H,1-2H3,(H,43,44,45)(H,46,47,48)(H,49,50,51)(H,52,53,54)/p-4. The summed E-state index contributed by atoms with van der Waals surface area (Å²) in [4.78, 5) is 22.2. The van der Waals surface area contributed by atoms with Crippen LogP contribution in [0, 0.1) is 13.8 Å². The number of benzene rings is 4. The molecule has 58 heavy (non-hydrogen) atoms. The van der Waals surface area contributed by atoms with E-state index in [4.69, 9.17) is 0 Å². The van der Waals surface area contributed by atoms with Crippen LogP contribution in [0.3, 0.4) is 0 Å². The minimum Gasteiger partial charge on any atom is -0.744 e. The Hall–Kier alpha value is -6.12. The molecule has 0 atom stereocenters. The van der Waals surface area contributed by atoms with Gasteiger partial charge in [0.2, 0.25) is 11.6 Å².